The van der Waals surface area contributed by atoms with Crippen LogP contribution in [0.4, 0.5) is 18.9 Å². The van der Waals surface area contributed by atoms with Crippen molar-refractivity contribution < 1.29 is 26.8 Å². The number of hydrogen-bond acceptors (Lipinski definition) is 4. The first-order valence-electron chi connectivity index (χ1n) is 11.2. The average molecular weight is 482 g/mol. The van der Waals surface area contributed by atoms with Crippen molar-refractivity contribution in [3.8, 4) is 0 Å². The second-order valence-corrected chi connectivity index (χ2v) is 9.94. The lowest BCUT2D eigenvalue weighted by molar-refractivity contribution is -0.137. The number of fused-ring (bicyclic) bond motifs is 1. The molecule has 0 aliphatic rings. The monoisotopic (exact) mass is 482 g/mol. The van der Waals surface area contributed by atoms with Crippen LogP contribution in [-0.4, -0.2) is 18.2 Å². The zero-order valence-electron chi connectivity index (χ0n) is 18.8. The maximum absolute atomic E-state index is 14.1. The quantitative estimate of drug-likeness (QED) is 0.202. The van der Waals surface area contributed by atoms with E-state index in [1.807, 2.05) is 38.1 Å². The summed E-state index contributed by atoms with van der Waals surface area (Å²) in [6, 6.07) is 12.3. The van der Waals surface area contributed by atoms with Crippen molar-refractivity contribution in [3.63, 3.8) is 0 Å². The summed E-state index contributed by atoms with van der Waals surface area (Å²) in [6.07, 6.45) is 0.264. The van der Waals surface area contributed by atoms with Crippen molar-refractivity contribution in [1.82, 2.24) is 4.98 Å². The fourth-order valence-corrected chi connectivity index (χ4v) is 5.45. The van der Waals surface area contributed by atoms with Crippen LogP contribution in [0, 0.1) is 0 Å². The number of aromatic amines is 1. The first-order valence-corrected chi connectivity index (χ1v) is 12.8. The zero-order chi connectivity index (χ0) is 23.9. The van der Waals surface area contributed by atoms with E-state index in [9.17, 15) is 17.7 Å². The second kappa shape index (κ2) is 11.2. The van der Waals surface area contributed by atoms with Gasteiger partial charge in [0.15, 0.2) is 5.78 Å². The summed E-state index contributed by atoms with van der Waals surface area (Å²) in [6.45, 7) is 4.43. The predicted octanol–water partition coefficient (Wildman–Crippen LogP) is 8.12. The van der Waals surface area contributed by atoms with E-state index in [1.54, 1.807) is 6.20 Å². The second-order valence-electron chi connectivity index (χ2n) is 7.83. The van der Waals surface area contributed by atoms with Gasteiger partial charge in [-0.05, 0) is 37.1 Å². The van der Waals surface area contributed by atoms with Crippen molar-refractivity contribution in [2.75, 3.05) is 18.5 Å². The molecule has 3 aromatic rings. The Bertz CT molecular complexity index is 1070. The van der Waals surface area contributed by atoms with E-state index in [0.29, 0.717) is 18.4 Å². The summed E-state index contributed by atoms with van der Waals surface area (Å²) in [5.74, 6) is -0.995. The Kier molecular flexibility index (Phi) is 8.63. The van der Waals surface area contributed by atoms with Gasteiger partial charge in [-0.3, -0.25) is 4.57 Å². The molecule has 0 unspecified atom stereocenters. The highest BCUT2D eigenvalue weighted by atomic mass is 31.2. The molecule has 180 valence electrons. The van der Waals surface area contributed by atoms with E-state index in [2.05, 4.69) is 10.3 Å². The minimum Gasteiger partial charge on any atom is -0.368 e. The van der Waals surface area contributed by atoms with Gasteiger partial charge in [0.2, 0.25) is 0 Å². The third kappa shape index (κ3) is 6.40. The van der Waals surface area contributed by atoms with Gasteiger partial charge in [-0.2, -0.15) is 13.2 Å². The molecule has 5 nitrogen and oxygen atoms in total. The molecule has 1 atom stereocenters. The van der Waals surface area contributed by atoms with Crippen LogP contribution < -0.4 is 5.32 Å². The summed E-state index contributed by atoms with van der Waals surface area (Å²) in [5, 5.41) is 3.84. The lowest BCUT2D eigenvalue weighted by atomic mass is 10.1. The van der Waals surface area contributed by atoms with E-state index < -0.39 is 25.1 Å². The van der Waals surface area contributed by atoms with Crippen molar-refractivity contribution in [2.45, 2.75) is 51.5 Å². The Morgan fingerprint density at radius 1 is 1.00 bits per heavy atom. The Morgan fingerprint density at radius 3 is 2.30 bits per heavy atom. The van der Waals surface area contributed by atoms with Crippen molar-refractivity contribution in [3.05, 3.63) is 65.9 Å². The van der Waals surface area contributed by atoms with E-state index >= 15 is 0 Å². The van der Waals surface area contributed by atoms with Crippen LogP contribution in [0.3, 0.4) is 0 Å². The lowest BCUT2D eigenvalue weighted by Crippen LogP contribution is -2.16. The average Bonchev–Trinajstić information content (AvgIpc) is 3.21. The Hall–Kier alpha value is -2.28. The Labute approximate surface area is 192 Å². The molecule has 0 aliphatic heterocycles. The molecule has 1 aromatic heterocycles. The van der Waals surface area contributed by atoms with Crippen LogP contribution in [0.5, 0.6) is 0 Å². The maximum Gasteiger partial charge on any atom is 0.416 e. The molecule has 3 rings (SSSR count). The number of para-hydroxylation sites is 1. The number of anilines is 1. The predicted molar refractivity (Wildman–Crippen MR) is 125 cm³/mol. The van der Waals surface area contributed by atoms with Crippen molar-refractivity contribution in [2.24, 2.45) is 0 Å². The zero-order valence-corrected chi connectivity index (χ0v) is 19.7. The minimum atomic E-state index is -4.49. The number of unbranched alkanes of at least 4 members (excludes halogenated alkanes) is 2. The highest BCUT2D eigenvalue weighted by Crippen LogP contribution is 2.62. The number of benzene rings is 2. The van der Waals surface area contributed by atoms with Crippen molar-refractivity contribution in [1.29, 1.82) is 0 Å². The van der Waals surface area contributed by atoms with Gasteiger partial charge in [0.1, 0.15) is 0 Å². The standard InChI is InChI=1S/C24H30F3N2O3P/c1-3-5-14-31-33(30,32-15-6-4-2)23(21-17-28-22-13-8-7-12-20(21)22)29-19-11-9-10-18(16-19)24(25,26)27/h7-13,16-17,23,28-29H,3-6,14-15H2,1-2H3/t23-/m0/s1. The first kappa shape index (κ1) is 25.3. The van der Waals surface area contributed by atoms with E-state index in [1.165, 1.54) is 12.1 Å². The van der Waals surface area contributed by atoms with Gasteiger partial charge in [-0.15, -0.1) is 0 Å². The number of hydrogen-bond donors (Lipinski definition) is 2. The third-order valence-electron chi connectivity index (χ3n) is 5.26. The van der Waals surface area contributed by atoms with Gasteiger partial charge in [0.25, 0.3) is 0 Å². The molecule has 2 N–H and O–H groups in total. The molecule has 9 heteroatoms. The summed E-state index contributed by atoms with van der Waals surface area (Å²) in [4.78, 5) is 3.14. The van der Waals surface area contributed by atoms with Gasteiger partial charge >= 0.3 is 13.8 Å². The topological polar surface area (TPSA) is 63.4 Å². The van der Waals surface area contributed by atoms with Crippen LogP contribution >= 0.6 is 7.60 Å². The molecular formula is C24H30F3N2O3P. The van der Waals surface area contributed by atoms with Crippen LogP contribution in [-0.2, 0) is 19.8 Å². The molecule has 0 fully saturated rings. The SMILES string of the molecule is CCCCOP(=O)(OCCCC)[C@H](Nc1cccc(C(F)(F)F)c1)c1c[nH]c2ccccc12. The number of nitrogens with one attached hydrogen (secondary N) is 2. The fourth-order valence-electron chi connectivity index (χ4n) is 3.45. The Balaban J connectivity index is 2.06. The van der Waals surface area contributed by atoms with Crippen LogP contribution in [0.1, 0.15) is 56.4 Å². The number of halogens is 3. The number of aromatic nitrogens is 1. The first-order chi connectivity index (χ1) is 15.8. The van der Waals surface area contributed by atoms with E-state index in [0.717, 1.165) is 35.9 Å². The number of H-pyrrole nitrogens is 1. The molecule has 2 aromatic carbocycles. The van der Waals surface area contributed by atoms with Crippen LogP contribution in [0.15, 0.2) is 54.7 Å². The smallest absolute Gasteiger partial charge is 0.368 e. The molecule has 0 saturated carbocycles. The number of rotatable bonds is 12. The summed E-state index contributed by atoms with van der Waals surface area (Å²) in [5.41, 5.74) is 0.814. The van der Waals surface area contributed by atoms with Gasteiger partial charge in [-0.25, -0.2) is 0 Å². The largest absolute Gasteiger partial charge is 0.416 e. The van der Waals surface area contributed by atoms with Gasteiger partial charge < -0.3 is 19.3 Å². The minimum absolute atomic E-state index is 0.179. The van der Waals surface area contributed by atoms with Gasteiger partial charge in [0.05, 0.1) is 18.8 Å². The molecule has 0 aliphatic carbocycles. The molecule has 0 saturated heterocycles. The molecule has 1 heterocycles. The number of alkyl halides is 3. The van der Waals surface area contributed by atoms with E-state index in [-0.39, 0.29) is 18.9 Å². The molecule has 0 radical (unpaired) electrons. The fraction of sp³-hybridized carbons (Fsp3) is 0.417. The molecule has 0 bridgehead atoms. The lowest BCUT2D eigenvalue weighted by Gasteiger charge is -2.29. The molecular weight excluding hydrogens is 452 g/mol. The summed E-state index contributed by atoms with van der Waals surface area (Å²) < 4.78 is 65.7. The highest BCUT2D eigenvalue weighted by Gasteiger charge is 2.39. The van der Waals surface area contributed by atoms with Crippen LogP contribution in [0.25, 0.3) is 10.9 Å². The molecule has 0 amide bonds. The maximum atomic E-state index is 14.1. The van der Waals surface area contributed by atoms with Gasteiger partial charge in [-0.1, -0.05) is 51.0 Å². The highest BCUT2D eigenvalue weighted by molar-refractivity contribution is 7.54. The molecule has 0 spiro atoms. The van der Waals surface area contributed by atoms with E-state index in [4.69, 9.17) is 9.05 Å². The summed E-state index contributed by atoms with van der Waals surface area (Å²) >= 11 is 0. The summed E-state index contributed by atoms with van der Waals surface area (Å²) in [7, 11) is -3.82. The van der Waals surface area contributed by atoms with Crippen molar-refractivity contribution >= 4 is 24.2 Å². The third-order valence-corrected chi connectivity index (χ3v) is 7.39. The Morgan fingerprint density at radius 2 is 1.67 bits per heavy atom. The molecule has 33 heavy (non-hydrogen) atoms. The van der Waals surface area contributed by atoms with Gasteiger partial charge in [0, 0.05) is 28.4 Å². The van der Waals surface area contributed by atoms with Crippen LogP contribution in [0.2, 0.25) is 0 Å². The normalized spacial score (nSPS) is 13.4.